The average Bonchev–Trinajstić information content (AvgIpc) is 2.92. The number of benzene rings is 1. The van der Waals surface area contributed by atoms with E-state index in [4.69, 9.17) is 16.0 Å². The summed E-state index contributed by atoms with van der Waals surface area (Å²) in [4.78, 5) is 4.50. The maximum absolute atomic E-state index is 5.93. The fourth-order valence-electron chi connectivity index (χ4n) is 1.46. The first-order valence-corrected chi connectivity index (χ1v) is 7.36. The van der Waals surface area contributed by atoms with Crippen LogP contribution in [0.2, 0.25) is 5.02 Å². The molecule has 2 aromatic heterocycles. The average molecular weight is 298 g/mol. The summed E-state index contributed by atoms with van der Waals surface area (Å²) >= 11 is 9.15. The molecule has 0 radical (unpaired) electrons. The van der Waals surface area contributed by atoms with Crippen LogP contribution < -0.4 is 0 Å². The Morgan fingerprint density at radius 1 is 1.39 bits per heavy atom. The minimum absolute atomic E-state index is 0.585. The fraction of sp³-hybridized carbons (Fsp3) is 0.182. The van der Waals surface area contributed by atoms with Crippen LogP contribution in [0.3, 0.4) is 0 Å². The van der Waals surface area contributed by atoms with Gasteiger partial charge in [-0.2, -0.15) is 0 Å². The molecule has 0 N–H and O–H groups in total. The highest BCUT2D eigenvalue weighted by Gasteiger charge is 2.08. The molecule has 0 saturated heterocycles. The van der Waals surface area contributed by atoms with E-state index in [-0.39, 0.29) is 0 Å². The maximum Gasteiger partial charge on any atom is 0.226 e. The summed E-state index contributed by atoms with van der Waals surface area (Å²) in [6.45, 7) is 1.78. The molecule has 3 rings (SSSR count). The summed E-state index contributed by atoms with van der Waals surface area (Å²) in [6.07, 6.45) is 0. The zero-order valence-corrected chi connectivity index (χ0v) is 11.8. The Hall–Kier alpha value is -1.11. The van der Waals surface area contributed by atoms with Gasteiger partial charge < -0.3 is 4.42 Å². The van der Waals surface area contributed by atoms with Gasteiger partial charge in [-0.25, -0.2) is 4.98 Å². The summed E-state index contributed by atoms with van der Waals surface area (Å²) in [6, 6.07) is 5.72. The SMILES string of the molecule is Cc1nnc(CSc2nc3cc(Cl)ccc3s2)o1. The fourth-order valence-corrected chi connectivity index (χ4v) is 3.51. The second-order valence-corrected chi connectivity index (χ2v) is 6.28. The van der Waals surface area contributed by atoms with Crippen LogP contribution in [0, 0.1) is 6.92 Å². The van der Waals surface area contributed by atoms with E-state index in [0.29, 0.717) is 22.6 Å². The summed E-state index contributed by atoms with van der Waals surface area (Å²) < 4.78 is 7.41. The Kier molecular flexibility index (Phi) is 3.23. The number of halogens is 1. The number of hydrogen-bond donors (Lipinski definition) is 0. The zero-order valence-electron chi connectivity index (χ0n) is 9.38. The van der Waals surface area contributed by atoms with Crippen molar-refractivity contribution in [3.63, 3.8) is 0 Å². The van der Waals surface area contributed by atoms with Crippen LogP contribution in [0.4, 0.5) is 0 Å². The number of nitrogens with zero attached hydrogens (tertiary/aromatic N) is 3. The molecule has 0 aliphatic heterocycles. The molecule has 0 unspecified atom stereocenters. The van der Waals surface area contributed by atoms with Crippen LogP contribution >= 0.6 is 34.7 Å². The van der Waals surface area contributed by atoms with Crippen LogP contribution in [0.25, 0.3) is 10.2 Å². The summed E-state index contributed by atoms with van der Waals surface area (Å²) in [5.41, 5.74) is 0.928. The molecule has 0 spiro atoms. The molecule has 3 aromatic rings. The molecule has 0 amide bonds. The van der Waals surface area contributed by atoms with Crippen molar-refractivity contribution in [2.75, 3.05) is 0 Å². The monoisotopic (exact) mass is 297 g/mol. The van der Waals surface area contributed by atoms with Crippen molar-refractivity contribution in [2.45, 2.75) is 17.0 Å². The van der Waals surface area contributed by atoms with Crippen molar-refractivity contribution in [3.8, 4) is 0 Å². The van der Waals surface area contributed by atoms with Gasteiger partial charge in [-0.15, -0.1) is 21.5 Å². The molecule has 1 aromatic carbocycles. The normalized spacial score (nSPS) is 11.2. The maximum atomic E-state index is 5.93. The van der Waals surface area contributed by atoms with E-state index in [1.54, 1.807) is 30.0 Å². The predicted octanol–water partition coefficient (Wildman–Crippen LogP) is 3.93. The van der Waals surface area contributed by atoms with Gasteiger partial charge in [0.15, 0.2) is 4.34 Å². The lowest BCUT2D eigenvalue weighted by molar-refractivity contribution is 0.485. The van der Waals surface area contributed by atoms with Gasteiger partial charge in [-0.3, -0.25) is 0 Å². The molecular formula is C11H8ClN3OS2. The summed E-state index contributed by atoms with van der Waals surface area (Å²) in [5, 5.41) is 8.44. The first-order valence-electron chi connectivity index (χ1n) is 5.18. The number of rotatable bonds is 3. The number of thiazole rings is 1. The van der Waals surface area contributed by atoms with Gasteiger partial charge in [-0.1, -0.05) is 23.4 Å². The second kappa shape index (κ2) is 4.87. The smallest absolute Gasteiger partial charge is 0.226 e. The summed E-state index contributed by atoms with van der Waals surface area (Å²) in [5.74, 6) is 1.84. The van der Waals surface area contributed by atoms with Crippen LogP contribution in [0.5, 0.6) is 0 Å². The van der Waals surface area contributed by atoms with Crippen LogP contribution in [-0.4, -0.2) is 15.2 Å². The lowest BCUT2D eigenvalue weighted by atomic mass is 10.3. The Bertz CT molecular complexity index is 694. The van der Waals surface area contributed by atoms with Crippen molar-refractivity contribution in [1.29, 1.82) is 0 Å². The molecule has 4 nitrogen and oxygen atoms in total. The second-order valence-electron chi connectivity index (χ2n) is 3.60. The standard InChI is InChI=1S/C11H8ClN3OS2/c1-6-14-15-10(16-6)5-17-11-13-8-4-7(12)2-3-9(8)18-11/h2-4H,5H2,1H3. The quantitative estimate of drug-likeness (QED) is 0.686. The van der Waals surface area contributed by atoms with E-state index in [0.717, 1.165) is 14.6 Å². The highest BCUT2D eigenvalue weighted by Crippen LogP contribution is 2.32. The topological polar surface area (TPSA) is 51.8 Å². The van der Waals surface area contributed by atoms with Crippen molar-refractivity contribution in [1.82, 2.24) is 15.2 Å². The first-order chi connectivity index (χ1) is 8.70. The molecule has 0 bridgehead atoms. The van der Waals surface area contributed by atoms with Crippen molar-refractivity contribution in [2.24, 2.45) is 0 Å². The van der Waals surface area contributed by atoms with Gasteiger partial charge in [0, 0.05) is 11.9 Å². The molecule has 2 heterocycles. The third-order valence-electron chi connectivity index (χ3n) is 2.22. The van der Waals surface area contributed by atoms with Crippen molar-refractivity contribution in [3.05, 3.63) is 35.0 Å². The lowest BCUT2D eigenvalue weighted by Crippen LogP contribution is -1.79. The molecule has 0 fully saturated rings. The highest BCUT2D eigenvalue weighted by atomic mass is 35.5. The Labute approximate surface area is 116 Å². The largest absolute Gasteiger partial charge is 0.425 e. The predicted molar refractivity (Wildman–Crippen MR) is 73.2 cm³/mol. The number of fused-ring (bicyclic) bond motifs is 1. The van der Waals surface area contributed by atoms with Gasteiger partial charge in [0.05, 0.1) is 16.0 Å². The van der Waals surface area contributed by atoms with Crippen LogP contribution in [-0.2, 0) is 5.75 Å². The molecule has 0 saturated carbocycles. The van der Waals surface area contributed by atoms with Crippen molar-refractivity contribution >= 4 is 44.9 Å². The van der Waals surface area contributed by atoms with E-state index in [9.17, 15) is 0 Å². The van der Waals surface area contributed by atoms with Crippen LogP contribution in [0.1, 0.15) is 11.8 Å². The Morgan fingerprint density at radius 3 is 3.06 bits per heavy atom. The lowest BCUT2D eigenvalue weighted by Gasteiger charge is -1.90. The number of hydrogen-bond acceptors (Lipinski definition) is 6. The van der Waals surface area contributed by atoms with E-state index >= 15 is 0 Å². The molecule has 7 heteroatoms. The van der Waals surface area contributed by atoms with Gasteiger partial charge in [0.25, 0.3) is 0 Å². The molecule has 18 heavy (non-hydrogen) atoms. The number of aryl methyl sites for hydroxylation is 1. The Morgan fingerprint density at radius 2 is 2.28 bits per heavy atom. The third kappa shape index (κ3) is 2.50. The zero-order chi connectivity index (χ0) is 12.5. The van der Waals surface area contributed by atoms with Gasteiger partial charge in [0.2, 0.25) is 11.8 Å². The number of aromatic nitrogens is 3. The van der Waals surface area contributed by atoms with Gasteiger partial charge in [0.1, 0.15) is 0 Å². The molecule has 0 atom stereocenters. The number of thioether (sulfide) groups is 1. The van der Waals surface area contributed by atoms with Crippen molar-refractivity contribution < 1.29 is 4.42 Å². The Balaban J connectivity index is 1.78. The van der Waals surface area contributed by atoms with E-state index in [1.807, 2.05) is 18.2 Å². The third-order valence-corrected chi connectivity index (χ3v) is 4.62. The van der Waals surface area contributed by atoms with E-state index in [1.165, 1.54) is 0 Å². The van der Waals surface area contributed by atoms with Crippen LogP contribution in [0.15, 0.2) is 27.0 Å². The van der Waals surface area contributed by atoms with E-state index in [2.05, 4.69) is 15.2 Å². The molecule has 0 aliphatic carbocycles. The molecular weight excluding hydrogens is 290 g/mol. The minimum atomic E-state index is 0.585. The van der Waals surface area contributed by atoms with Gasteiger partial charge in [-0.05, 0) is 18.2 Å². The molecule has 92 valence electrons. The first kappa shape index (κ1) is 12.0. The van der Waals surface area contributed by atoms with Gasteiger partial charge >= 0.3 is 0 Å². The molecule has 0 aliphatic rings. The highest BCUT2D eigenvalue weighted by molar-refractivity contribution is 8.00. The van der Waals surface area contributed by atoms with E-state index < -0.39 is 0 Å². The summed E-state index contributed by atoms with van der Waals surface area (Å²) in [7, 11) is 0. The minimum Gasteiger partial charge on any atom is -0.425 e.